The first-order valence-electron chi connectivity index (χ1n) is 2.96. The van der Waals surface area contributed by atoms with Crippen LogP contribution < -0.4 is 0 Å². The SMILES string of the molecule is O=C(CCl)c1cccc(F)n1. The zero-order chi connectivity index (χ0) is 8.27. The summed E-state index contributed by atoms with van der Waals surface area (Å²) in [6, 6.07) is 4.01. The third-order valence-electron chi connectivity index (χ3n) is 1.12. The Labute approximate surface area is 68.0 Å². The molecule has 1 aromatic rings. The van der Waals surface area contributed by atoms with Crippen molar-refractivity contribution in [1.29, 1.82) is 0 Å². The molecule has 0 saturated heterocycles. The largest absolute Gasteiger partial charge is 0.291 e. The maximum Gasteiger partial charge on any atom is 0.213 e. The number of carbonyl (C=O) groups excluding carboxylic acids is 1. The fraction of sp³-hybridized carbons (Fsp3) is 0.143. The van der Waals surface area contributed by atoms with Gasteiger partial charge in [0, 0.05) is 0 Å². The monoisotopic (exact) mass is 173 g/mol. The molecule has 1 aromatic heterocycles. The molecular weight excluding hydrogens is 169 g/mol. The molecule has 0 amide bonds. The van der Waals surface area contributed by atoms with Crippen molar-refractivity contribution in [2.45, 2.75) is 0 Å². The van der Waals surface area contributed by atoms with Gasteiger partial charge in [-0.2, -0.15) is 4.39 Å². The van der Waals surface area contributed by atoms with Crippen LogP contribution in [0.1, 0.15) is 10.5 Å². The van der Waals surface area contributed by atoms with Crippen LogP contribution in [0.25, 0.3) is 0 Å². The average Bonchev–Trinajstić information content (AvgIpc) is 2.03. The van der Waals surface area contributed by atoms with E-state index in [9.17, 15) is 9.18 Å². The highest BCUT2D eigenvalue weighted by atomic mass is 35.5. The summed E-state index contributed by atoms with van der Waals surface area (Å²) < 4.78 is 12.4. The lowest BCUT2D eigenvalue weighted by Crippen LogP contribution is -2.03. The number of nitrogens with zero attached hydrogens (tertiary/aromatic N) is 1. The molecule has 0 spiro atoms. The molecule has 0 aliphatic heterocycles. The highest BCUT2D eigenvalue weighted by Gasteiger charge is 2.05. The van der Waals surface area contributed by atoms with Crippen LogP contribution in [0.2, 0.25) is 0 Å². The van der Waals surface area contributed by atoms with Gasteiger partial charge < -0.3 is 0 Å². The van der Waals surface area contributed by atoms with Gasteiger partial charge in [0.2, 0.25) is 5.95 Å². The lowest BCUT2D eigenvalue weighted by molar-refractivity contribution is 0.101. The third-order valence-corrected chi connectivity index (χ3v) is 1.36. The van der Waals surface area contributed by atoms with Gasteiger partial charge in [-0.15, -0.1) is 11.6 Å². The fourth-order valence-electron chi connectivity index (χ4n) is 0.632. The number of alkyl halides is 1. The summed E-state index contributed by atoms with van der Waals surface area (Å²) in [6.07, 6.45) is 0. The molecule has 4 heteroatoms. The highest BCUT2D eigenvalue weighted by Crippen LogP contribution is 1.99. The fourth-order valence-corrected chi connectivity index (χ4v) is 0.769. The molecule has 0 aromatic carbocycles. The van der Waals surface area contributed by atoms with Crippen LogP contribution >= 0.6 is 11.6 Å². The molecule has 1 rings (SSSR count). The van der Waals surface area contributed by atoms with E-state index in [1.54, 1.807) is 0 Å². The molecule has 0 saturated carbocycles. The summed E-state index contributed by atoms with van der Waals surface area (Å²) >= 11 is 5.23. The van der Waals surface area contributed by atoms with Crippen molar-refractivity contribution >= 4 is 17.4 Å². The Kier molecular flexibility index (Phi) is 2.54. The van der Waals surface area contributed by atoms with Gasteiger partial charge >= 0.3 is 0 Å². The molecule has 0 aliphatic carbocycles. The van der Waals surface area contributed by atoms with E-state index in [2.05, 4.69) is 4.98 Å². The molecule has 0 unspecified atom stereocenters. The number of aromatic nitrogens is 1. The first-order valence-corrected chi connectivity index (χ1v) is 3.49. The van der Waals surface area contributed by atoms with Gasteiger partial charge in [0.25, 0.3) is 0 Å². The van der Waals surface area contributed by atoms with Crippen molar-refractivity contribution in [2.75, 3.05) is 5.88 Å². The normalized spacial score (nSPS) is 9.64. The molecule has 0 N–H and O–H groups in total. The van der Waals surface area contributed by atoms with Crippen LogP contribution in [0, 0.1) is 5.95 Å². The molecule has 0 bridgehead atoms. The maximum atomic E-state index is 12.4. The summed E-state index contributed by atoms with van der Waals surface area (Å²) in [5.41, 5.74) is 0.0694. The van der Waals surface area contributed by atoms with Gasteiger partial charge in [-0.05, 0) is 12.1 Å². The summed E-state index contributed by atoms with van der Waals surface area (Å²) in [5, 5.41) is 0. The zero-order valence-corrected chi connectivity index (χ0v) is 6.31. The van der Waals surface area contributed by atoms with Crippen molar-refractivity contribution in [1.82, 2.24) is 4.98 Å². The van der Waals surface area contributed by atoms with E-state index in [0.717, 1.165) is 0 Å². The average molecular weight is 174 g/mol. The number of halogens is 2. The molecule has 0 aliphatic rings. The smallest absolute Gasteiger partial charge is 0.213 e. The number of carbonyl (C=O) groups is 1. The minimum atomic E-state index is -0.666. The van der Waals surface area contributed by atoms with Crippen molar-refractivity contribution in [3.63, 3.8) is 0 Å². The Morgan fingerprint density at radius 3 is 2.91 bits per heavy atom. The minimum absolute atomic E-state index is 0.0694. The number of pyridine rings is 1. The molecule has 0 fully saturated rings. The minimum Gasteiger partial charge on any atom is -0.291 e. The summed E-state index contributed by atoms with van der Waals surface area (Å²) in [6.45, 7) is 0. The number of Topliss-reactive ketones (excluding diaryl/α,β-unsaturated/α-hetero) is 1. The first-order chi connectivity index (χ1) is 5.24. The van der Waals surface area contributed by atoms with Crippen LogP contribution in [0.4, 0.5) is 4.39 Å². The molecule has 0 radical (unpaired) electrons. The van der Waals surface area contributed by atoms with E-state index in [0.29, 0.717) is 0 Å². The van der Waals surface area contributed by atoms with Crippen molar-refractivity contribution in [3.8, 4) is 0 Å². The van der Waals surface area contributed by atoms with Gasteiger partial charge in [-0.25, -0.2) is 4.98 Å². The molecule has 0 atom stereocenters. The van der Waals surface area contributed by atoms with Gasteiger partial charge in [-0.3, -0.25) is 4.79 Å². The molecule has 11 heavy (non-hydrogen) atoms. The quantitative estimate of drug-likeness (QED) is 0.387. The summed E-state index contributed by atoms with van der Waals surface area (Å²) in [5.74, 6) is -1.21. The maximum absolute atomic E-state index is 12.4. The van der Waals surface area contributed by atoms with Gasteiger partial charge in [0.15, 0.2) is 5.78 Å². The van der Waals surface area contributed by atoms with Crippen LogP contribution in [-0.2, 0) is 0 Å². The summed E-state index contributed by atoms with van der Waals surface area (Å²) in [7, 11) is 0. The molecule has 2 nitrogen and oxygen atoms in total. The summed E-state index contributed by atoms with van der Waals surface area (Å²) in [4.78, 5) is 14.1. The van der Waals surface area contributed by atoms with E-state index < -0.39 is 5.95 Å². The van der Waals surface area contributed by atoms with E-state index in [4.69, 9.17) is 11.6 Å². The first kappa shape index (κ1) is 8.14. The van der Waals surface area contributed by atoms with Gasteiger partial charge in [-0.1, -0.05) is 6.07 Å². The van der Waals surface area contributed by atoms with Crippen molar-refractivity contribution in [2.24, 2.45) is 0 Å². The van der Waals surface area contributed by atoms with Crippen LogP contribution in [0.5, 0.6) is 0 Å². The standard InChI is InChI=1S/C7H5ClFNO/c8-4-6(11)5-2-1-3-7(9)10-5/h1-3H,4H2. The predicted molar refractivity (Wildman–Crippen MR) is 39.2 cm³/mol. The van der Waals surface area contributed by atoms with Gasteiger partial charge in [0.1, 0.15) is 5.69 Å². The van der Waals surface area contributed by atoms with Crippen LogP contribution in [0.3, 0.4) is 0 Å². The number of hydrogen-bond donors (Lipinski definition) is 0. The Bertz CT molecular complexity index is 277. The molecular formula is C7H5ClFNO. The Morgan fingerprint density at radius 2 is 2.36 bits per heavy atom. The predicted octanol–water partition coefficient (Wildman–Crippen LogP) is 1.64. The molecule has 58 valence electrons. The number of rotatable bonds is 2. The highest BCUT2D eigenvalue weighted by molar-refractivity contribution is 6.30. The zero-order valence-electron chi connectivity index (χ0n) is 5.55. The molecule has 1 heterocycles. The third kappa shape index (κ3) is 1.98. The topological polar surface area (TPSA) is 30.0 Å². The van der Waals surface area contributed by atoms with Crippen molar-refractivity contribution < 1.29 is 9.18 Å². The lowest BCUT2D eigenvalue weighted by Gasteiger charge is -1.93. The van der Waals surface area contributed by atoms with E-state index >= 15 is 0 Å². The van der Waals surface area contributed by atoms with Crippen LogP contribution in [0.15, 0.2) is 18.2 Å². The Hall–Kier alpha value is -0.960. The number of hydrogen-bond acceptors (Lipinski definition) is 2. The Morgan fingerprint density at radius 1 is 1.64 bits per heavy atom. The van der Waals surface area contributed by atoms with E-state index in [-0.39, 0.29) is 17.4 Å². The Balaban J connectivity index is 2.96. The number of ketones is 1. The van der Waals surface area contributed by atoms with E-state index in [1.165, 1.54) is 18.2 Å². The second-order valence-corrected chi connectivity index (χ2v) is 2.17. The second kappa shape index (κ2) is 3.44. The lowest BCUT2D eigenvalue weighted by atomic mass is 10.3. The van der Waals surface area contributed by atoms with Crippen LogP contribution in [-0.4, -0.2) is 16.6 Å². The van der Waals surface area contributed by atoms with E-state index in [1.807, 2.05) is 0 Å². The van der Waals surface area contributed by atoms with Gasteiger partial charge in [0.05, 0.1) is 5.88 Å². The van der Waals surface area contributed by atoms with Crippen molar-refractivity contribution in [3.05, 3.63) is 29.8 Å². The second-order valence-electron chi connectivity index (χ2n) is 1.90.